The molecule has 0 rings (SSSR count). The van der Waals surface area contributed by atoms with Gasteiger partial charge in [0.05, 0.1) is 0 Å². The van der Waals surface area contributed by atoms with Gasteiger partial charge in [0, 0.05) is 0 Å². The monoisotopic (exact) mass is 198 g/mol. The lowest BCUT2D eigenvalue weighted by Crippen LogP contribution is -2.22. The largest absolute Gasteiger partial charge is 0.0651 e. The Bertz CT molecular complexity index is 137. The van der Waals surface area contributed by atoms with Crippen LogP contribution in [0, 0.1) is 17.3 Å². The van der Waals surface area contributed by atoms with E-state index in [0.29, 0.717) is 5.41 Å². The average Bonchev–Trinajstić information content (AvgIpc) is 2.16. The molecule has 0 spiro atoms. The van der Waals surface area contributed by atoms with Crippen molar-refractivity contribution in [3.63, 3.8) is 0 Å². The summed E-state index contributed by atoms with van der Waals surface area (Å²) in [5.41, 5.74) is 0.577. The minimum atomic E-state index is 0.577. The molecule has 0 saturated carbocycles. The van der Waals surface area contributed by atoms with Crippen LogP contribution in [-0.4, -0.2) is 0 Å². The molecule has 0 fully saturated rings. The van der Waals surface area contributed by atoms with Crippen molar-refractivity contribution in [2.24, 2.45) is 17.3 Å². The van der Waals surface area contributed by atoms with Crippen molar-refractivity contribution in [1.82, 2.24) is 0 Å². The van der Waals surface area contributed by atoms with Crippen molar-refractivity contribution in [2.45, 2.75) is 73.6 Å². The van der Waals surface area contributed by atoms with Gasteiger partial charge in [-0.05, 0) is 23.7 Å². The lowest BCUT2D eigenvalue weighted by atomic mass is 9.73. The number of hydrogen-bond donors (Lipinski definition) is 0. The smallest absolute Gasteiger partial charge is 0.0305 e. The van der Waals surface area contributed by atoms with Crippen molar-refractivity contribution in [3.8, 4) is 0 Å². The first-order valence-electron chi connectivity index (χ1n) is 6.46. The van der Waals surface area contributed by atoms with Gasteiger partial charge in [0.1, 0.15) is 0 Å². The highest BCUT2D eigenvalue weighted by atomic mass is 14.3. The van der Waals surface area contributed by atoms with Gasteiger partial charge in [-0.15, -0.1) is 0 Å². The Kier molecular flexibility index (Phi) is 6.48. The van der Waals surface area contributed by atoms with E-state index >= 15 is 0 Å². The van der Waals surface area contributed by atoms with Crippen LogP contribution in [0.25, 0.3) is 0 Å². The highest BCUT2D eigenvalue weighted by molar-refractivity contribution is 4.76. The lowest BCUT2D eigenvalue weighted by molar-refractivity contribution is 0.180. The fourth-order valence-electron chi connectivity index (χ4n) is 1.93. The zero-order valence-electron chi connectivity index (χ0n) is 11.2. The number of hydrogen-bond acceptors (Lipinski definition) is 0. The van der Waals surface area contributed by atoms with Crippen LogP contribution < -0.4 is 0 Å². The summed E-state index contributed by atoms with van der Waals surface area (Å²) in [6, 6.07) is 0. The highest BCUT2D eigenvalue weighted by Gasteiger charge is 2.25. The molecule has 0 amide bonds. The Hall–Kier alpha value is 0. The molecule has 2 unspecified atom stereocenters. The highest BCUT2D eigenvalue weighted by Crippen LogP contribution is 2.36. The van der Waals surface area contributed by atoms with Crippen molar-refractivity contribution in [2.75, 3.05) is 0 Å². The molecule has 0 nitrogen and oxygen atoms in total. The minimum Gasteiger partial charge on any atom is -0.0651 e. The zero-order chi connectivity index (χ0) is 11.2. The Labute approximate surface area is 91.5 Å². The van der Waals surface area contributed by atoms with Crippen molar-refractivity contribution < 1.29 is 0 Å². The summed E-state index contributed by atoms with van der Waals surface area (Å²) in [5, 5.41) is 0. The van der Waals surface area contributed by atoms with Crippen LogP contribution in [0.15, 0.2) is 0 Å². The molecule has 0 saturated heterocycles. The van der Waals surface area contributed by atoms with E-state index in [1.807, 2.05) is 0 Å². The van der Waals surface area contributed by atoms with E-state index in [4.69, 9.17) is 0 Å². The molecule has 86 valence electrons. The van der Waals surface area contributed by atoms with Crippen LogP contribution in [0.4, 0.5) is 0 Å². The summed E-state index contributed by atoms with van der Waals surface area (Å²) in [7, 11) is 0. The van der Waals surface area contributed by atoms with E-state index in [1.54, 1.807) is 0 Å². The first kappa shape index (κ1) is 14.0. The van der Waals surface area contributed by atoms with Gasteiger partial charge >= 0.3 is 0 Å². The van der Waals surface area contributed by atoms with Crippen LogP contribution in [0.3, 0.4) is 0 Å². The van der Waals surface area contributed by atoms with Gasteiger partial charge in [-0.2, -0.15) is 0 Å². The molecule has 0 aliphatic heterocycles. The molecule has 0 N–H and O–H groups in total. The Morgan fingerprint density at radius 2 is 1.64 bits per heavy atom. The maximum absolute atomic E-state index is 2.45. The van der Waals surface area contributed by atoms with Gasteiger partial charge in [-0.1, -0.05) is 67.2 Å². The van der Waals surface area contributed by atoms with Crippen LogP contribution in [0.2, 0.25) is 0 Å². The molecule has 0 heteroatoms. The molecule has 0 aromatic rings. The van der Waals surface area contributed by atoms with E-state index in [2.05, 4.69) is 41.5 Å². The van der Waals surface area contributed by atoms with E-state index < -0.39 is 0 Å². The van der Waals surface area contributed by atoms with Crippen LogP contribution in [0.1, 0.15) is 73.6 Å². The van der Waals surface area contributed by atoms with Crippen LogP contribution >= 0.6 is 0 Å². The van der Waals surface area contributed by atoms with E-state index in [1.165, 1.54) is 32.1 Å². The lowest BCUT2D eigenvalue weighted by Gasteiger charge is -2.33. The average molecular weight is 198 g/mol. The molecular formula is C14H30. The Morgan fingerprint density at radius 1 is 1.07 bits per heavy atom. The Balaban J connectivity index is 3.84. The summed E-state index contributed by atoms with van der Waals surface area (Å²) in [4.78, 5) is 0. The minimum absolute atomic E-state index is 0.577. The summed E-state index contributed by atoms with van der Waals surface area (Å²) in [6.45, 7) is 14.2. The first-order chi connectivity index (χ1) is 6.46. The van der Waals surface area contributed by atoms with Gasteiger partial charge in [0.15, 0.2) is 0 Å². The number of rotatable bonds is 7. The molecule has 14 heavy (non-hydrogen) atoms. The molecule has 0 aromatic heterocycles. The fourth-order valence-corrected chi connectivity index (χ4v) is 1.93. The predicted molar refractivity (Wildman–Crippen MR) is 66.5 cm³/mol. The standard InChI is InChI=1S/C14H30/c1-7-13(5)10-9-11-14(6,8-2)12(3)4/h12-13H,7-11H2,1-6H3. The topological polar surface area (TPSA) is 0 Å². The van der Waals surface area contributed by atoms with Crippen molar-refractivity contribution in [1.29, 1.82) is 0 Å². The van der Waals surface area contributed by atoms with Gasteiger partial charge in [0.2, 0.25) is 0 Å². The molecule has 0 aliphatic carbocycles. The van der Waals surface area contributed by atoms with E-state index in [9.17, 15) is 0 Å². The van der Waals surface area contributed by atoms with Crippen molar-refractivity contribution in [3.05, 3.63) is 0 Å². The van der Waals surface area contributed by atoms with E-state index in [-0.39, 0.29) is 0 Å². The fraction of sp³-hybridized carbons (Fsp3) is 1.00. The Morgan fingerprint density at radius 3 is 2.00 bits per heavy atom. The second-order valence-corrected chi connectivity index (χ2v) is 5.57. The summed E-state index contributed by atoms with van der Waals surface area (Å²) in [6.07, 6.45) is 6.90. The molecule has 0 aliphatic rings. The normalized spacial score (nSPS) is 18.2. The molecule has 2 atom stereocenters. The second-order valence-electron chi connectivity index (χ2n) is 5.57. The van der Waals surface area contributed by atoms with Crippen molar-refractivity contribution >= 4 is 0 Å². The van der Waals surface area contributed by atoms with Gasteiger partial charge in [0.25, 0.3) is 0 Å². The summed E-state index contributed by atoms with van der Waals surface area (Å²) in [5.74, 6) is 1.74. The third kappa shape index (κ3) is 4.48. The molecular weight excluding hydrogens is 168 g/mol. The third-order valence-electron chi connectivity index (χ3n) is 4.34. The molecule has 0 aromatic carbocycles. The maximum Gasteiger partial charge on any atom is -0.0305 e. The van der Waals surface area contributed by atoms with Crippen LogP contribution in [-0.2, 0) is 0 Å². The predicted octanol–water partition coefficient (Wildman–Crippen LogP) is 5.28. The SMILES string of the molecule is CCC(C)CCCC(C)(CC)C(C)C. The second kappa shape index (κ2) is 6.48. The van der Waals surface area contributed by atoms with Gasteiger partial charge < -0.3 is 0 Å². The summed E-state index contributed by atoms with van der Waals surface area (Å²) >= 11 is 0. The zero-order valence-corrected chi connectivity index (χ0v) is 11.2. The van der Waals surface area contributed by atoms with Gasteiger partial charge in [-0.3, -0.25) is 0 Å². The molecule has 0 bridgehead atoms. The quantitative estimate of drug-likeness (QED) is 0.522. The molecule has 0 radical (unpaired) electrons. The maximum atomic E-state index is 2.45. The first-order valence-corrected chi connectivity index (χ1v) is 6.46. The van der Waals surface area contributed by atoms with E-state index in [0.717, 1.165) is 11.8 Å². The summed E-state index contributed by atoms with van der Waals surface area (Å²) < 4.78 is 0. The van der Waals surface area contributed by atoms with Crippen LogP contribution in [0.5, 0.6) is 0 Å². The molecule has 0 heterocycles. The van der Waals surface area contributed by atoms with Gasteiger partial charge in [-0.25, -0.2) is 0 Å². The third-order valence-corrected chi connectivity index (χ3v) is 4.34.